The molecule has 0 amide bonds. The van der Waals surface area contributed by atoms with E-state index in [1.165, 1.54) is 27.1 Å². The van der Waals surface area contributed by atoms with Crippen LogP contribution in [0.4, 0.5) is 0 Å². The number of carbonyl (C=O) groups is 1. The molecule has 0 bridgehead atoms. The molecule has 3 aromatic carbocycles. The van der Waals surface area contributed by atoms with E-state index in [0.717, 1.165) is 32.1 Å². The summed E-state index contributed by atoms with van der Waals surface area (Å²) in [7, 11) is 0. The number of hydrogen-bond donors (Lipinski definition) is 0. The molecule has 1 unspecified atom stereocenters. The molecule has 164 valence electrons. The lowest BCUT2D eigenvalue weighted by Gasteiger charge is -2.35. The molecule has 0 saturated heterocycles. The summed E-state index contributed by atoms with van der Waals surface area (Å²) in [5.74, 6) is -0.0752. The summed E-state index contributed by atoms with van der Waals surface area (Å²) < 4.78 is 12.3. The van der Waals surface area contributed by atoms with Gasteiger partial charge in [-0.3, -0.25) is 4.79 Å². The first kappa shape index (κ1) is 21.8. The highest BCUT2D eigenvalue weighted by Crippen LogP contribution is 2.34. The van der Waals surface area contributed by atoms with E-state index in [2.05, 4.69) is 68.4 Å². The molecule has 0 N–H and O–H groups in total. The summed E-state index contributed by atoms with van der Waals surface area (Å²) in [6.07, 6.45) is 4.69. The maximum Gasteiger partial charge on any atom is 0.308 e. The van der Waals surface area contributed by atoms with Gasteiger partial charge in [-0.2, -0.15) is 0 Å². The Hall–Kier alpha value is -2.39. The first-order valence-electron chi connectivity index (χ1n) is 11.7. The molecule has 1 aliphatic carbocycles. The standard InChI is InChI=1S/C28H34O3/c1-5-19(2)27(29)30-25-12-14-26(15-13-25)31-28(3,4)24-11-10-22-16-20-8-6-7-9-21(20)17-23(22)18-24/h6-11,16-19,25-26H,5,12-15H2,1-4H3. The lowest BCUT2D eigenvalue weighted by molar-refractivity contribution is -0.159. The number of rotatable bonds is 6. The third-order valence-electron chi connectivity index (χ3n) is 6.78. The number of fused-ring (bicyclic) bond motifs is 2. The van der Waals surface area contributed by atoms with Crippen molar-refractivity contribution in [1.82, 2.24) is 0 Å². The van der Waals surface area contributed by atoms with Gasteiger partial charge in [0.2, 0.25) is 0 Å². The van der Waals surface area contributed by atoms with Gasteiger partial charge < -0.3 is 9.47 Å². The van der Waals surface area contributed by atoms with Gasteiger partial charge in [0.05, 0.1) is 17.6 Å². The summed E-state index contributed by atoms with van der Waals surface area (Å²) in [5, 5.41) is 5.02. The van der Waals surface area contributed by atoms with Crippen molar-refractivity contribution in [2.45, 2.75) is 77.6 Å². The Labute approximate surface area is 185 Å². The average molecular weight is 419 g/mol. The van der Waals surface area contributed by atoms with E-state index in [9.17, 15) is 4.79 Å². The second kappa shape index (κ2) is 9.00. The zero-order valence-electron chi connectivity index (χ0n) is 19.2. The van der Waals surface area contributed by atoms with Crippen molar-refractivity contribution in [3.8, 4) is 0 Å². The molecule has 0 spiro atoms. The Kier molecular flexibility index (Phi) is 6.34. The van der Waals surface area contributed by atoms with Crippen molar-refractivity contribution in [2.75, 3.05) is 0 Å². The molecular formula is C28H34O3. The van der Waals surface area contributed by atoms with Gasteiger partial charge in [0.1, 0.15) is 6.10 Å². The fourth-order valence-electron chi connectivity index (χ4n) is 4.51. The summed E-state index contributed by atoms with van der Waals surface area (Å²) in [4.78, 5) is 12.1. The third-order valence-corrected chi connectivity index (χ3v) is 6.78. The van der Waals surface area contributed by atoms with Gasteiger partial charge in [-0.15, -0.1) is 0 Å². The van der Waals surface area contributed by atoms with E-state index in [-0.39, 0.29) is 29.7 Å². The largest absolute Gasteiger partial charge is 0.462 e. The SMILES string of the molecule is CCC(C)C(=O)OC1CCC(OC(C)(C)c2ccc3cc4ccccc4cc3c2)CC1. The first-order valence-corrected chi connectivity index (χ1v) is 11.7. The van der Waals surface area contributed by atoms with Gasteiger partial charge in [-0.25, -0.2) is 0 Å². The lowest BCUT2D eigenvalue weighted by Crippen LogP contribution is -2.34. The van der Waals surface area contributed by atoms with E-state index in [4.69, 9.17) is 9.47 Å². The highest BCUT2D eigenvalue weighted by atomic mass is 16.5. The van der Waals surface area contributed by atoms with Crippen LogP contribution in [0.1, 0.15) is 65.4 Å². The number of benzene rings is 3. The van der Waals surface area contributed by atoms with Crippen molar-refractivity contribution in [3.05, 3.63) is 60.2 Å². The summed E-state index contributed by atoms with van der Waals surface area (Å²) in [5.41, 5.74) is 0.825. The summed E-state index contributed by atoms with van der Waals surface area (Å²) in [6, 6.07) is 19.7. The molecule has 31 heavy (non-hydrogen) atoms. The van der Waals surface area contributed by atoms with Crippen molar-refractivity contribution in [3.63, 3.8) is 0 Å². The molecule has 0 aliphatic heterocycles. The molecule has 3 heteroatoms. The number of hydrogen-bond acceptors (Lipinski definition) is 3. The molecule has 1 fully saturated rings. The monoisotopic (exact) mass is 418 g/mol. The van der Waals surface area contributed by atoms with Gasteiger partial charge in [0, 0.05) is 0 Å². The van der Waals surface area contributed by atoms with E-state index < -0.39 is 0 Å². The first-order chi connectivity index (χ1) is 14.9. The Bertz CT molecular complexity index is 1060. The van der Waals surface area contributed by atoms with Crippen molar-refractivity contribution < 1.29 is 14.3 Å². The predicted octanol–water partition coefficient (Wildman–Crippen LogP) is 7.15. The summed E-state index contributed by atoms with van der Waals surface area (Å²) in [6.45, 7) is 8.27. The molecule has 3 aromatic rings. The van der Waals surface area contributed by atoms with Crippen LogP contribution in [0, 0.1) is 5.92 Å². The van der Waals surface area contributed by atoms with Gasteiger partial charge in [0.25, 0.3) is 0 Å². The zero-order chi connectivity index (χ0) is 22.0. The molecule has 1 aliphatic rings. The minimum atomic E-state index is -0.370. The Morgan fingerprint density at radius 2 is 1.48 bits per heavy atom. The predicted molar refractivity (Wildman–Crippen MR) is 127 cm³/mol. The normalized spacial score (nSPS) is 20.6. The Morgan fingerprint density at radius 1 is 0.903 bits per heavy atom. The van der Waals surface area contributed by atoms with Gasteiger partial charge in [0.15, 0.2) is 0 Å². The minimum Gasteiger partial charge on any atom is -0.462 e. The highest BCUT2D eigenvalue weighted by Gasteiger charge is 2.31. The van der Waals surface area contributed by atoms with Crippen LogP contribution in [0.5, 0.6) is 0 Å². The van der Waals surface area contributed by atoms with Crippen LogP contribution in [-0.4, -0.2) is 18.2 Å². The van der Waals surface area contributed by atoms with Crippen LogP contribution < -0.4 is 0 Å². The van der Waals surface area contributed by atoms with Crippen molar-refractivity contribution >= 4 is 27.5 Å². The maximum atomic E-state index is 12.1. The molecule has 1 atom stereocenters. The van der Waals surface area contributed by atoms with Crippen LogP contribution in [0.25, 0.3) is 21.5 Å². The number of ether oxygens (including phenoxy) is 2. The summed E-state index contributed by atoms with van der Waals surface area (Å²) >= 11 is 0. The van der Waals surface area contributed by atoms with E-state index in [1.54, 1.807) is 0 Å². The van der Waals surface area contributed by atoms with E-state index in [1.807, 2.05) is 13.8 Å². The van der Waals surface area contributed by atoms with Crippen LogP contribution in [0.3, 0.4) is 0 Å². The molecule has 0 aromatic heterocycles. The zero-order valence-corrected chi connectivity index (χ0v) is 19.2. The molecule has 1 saturated carbocycles. The fraction of sp³-hybridized carbons (Fsp3) is 0.464. The molecular weight excluding hydrogens is 384 g/mol. The van der Waals surface area contributed by atoms with Gasteiger partial charge >= 0.3 is 5.97 Å². The fourth-order valence-corrected chi connectivity index (χ4v) is 4.51. The third kappa shape index (κ3) is 4.93. The van der Waals surface area contributed by atoms with Crippen LogP contribution >= 0.6 is 0 Å². The van der Waals surface area contributed by atoms with E-state index in [0.29, 0.717) is 0 Å². The quantitative estimate of drug-likeness (QED) is 0.315. The average Bonchev–Trinajstić information content (AvgIpc) is 2.77. The number of esters is 1. The molecule has 0 radical (unpaired) electrons. The van der Waals surface area contributed by atoms with Gasteiger partial charge in [-0.1, -0.05) is 50.2 Å². The lowest BCUT2D eigenvalue weighted by atomic mass is 9.91. The topological polar surface area (TPSA) is 35.5 Å². The number of carbonyl (C=O) groups excluding carboxylic acids is 1. The van der Waals surface area contributed by atoms with Crippen LogP contribution in [0.2, 0.25) is 0 Å². The minimum absolute atomic E-state index is 0.0158. The van der Waals surface area contributed by atoms with Gasteiger partial charge in [-0.05, 0) is 91.3 Å². The molecule has 0 heterocycles. The maximum absolute atomic E-state index is 12.1. The Morgan fingerprint density at radius 3 is 2.13 bits per heavy atom. The van der Waals surface area contributed by atoms with E-state index >= 15 is 0 Å². The van der Waals surface area contributed by atoms with Crippen LogP contribution in [-0.2, 0) is 19.9 Å². The van der Waals surface area contributed by atoms with Crippen molar-refractivity contribution in [2.24, 2.45) is 5.92 Å². The smallest absolute Gasteiger partial charge is 0.308 e. The Balaban J connectivity index is 1.42. The molecule has 4 rings (SSSR count). The second-order valence-corrected chi connectivity index (χ2v) is 9.53. The second-order valence-electron chi connectivity index (χ2n) is 9.53. The van der Waals surface area contributed by atoms with Crippen LogP contribution in [0.15, 0.2) is 54.6 Å². The highest BCUT2D eigenvalue weighted by molar-refractivity contribution is 5.98. The molecule has 3 nitrogen and oxygen atoms in total. The van der Waals surface area contributed by atoms with Crippen molar-refractivity contribution in [1.29, 1.82) is 0 Å².